The third kappa shape index (κ3) is 2.13. The summed E-state index contributed by atoms with van der Waals surface area (Å²) in [6.45, 7) is 3.20. The summed E-state index contributed by atoms with van der Waals surface area (Å²) in [4.78, 5) is 0. The van der Waals surface area contributed by atoms with Crippen LogP contribution in [0.5, 0.6) is 0 Å². The lowest BCUT2D eigenvalue weighted by atomic mass is 10.00. The first-order valence-electron chi connectivity index (χ1n) is 6.79. The summed E-state index contributed by atoms with van der Waals surface area (Å²) in [5.74, 6) is -0.432. The molecule has 0 radical (unpaired) electrons. The first-order valence-corrected chi connectivity index (χ1v) is 8.51. The van der Waals surface area contributed by atoms with Gasteiger partial charge in [-0.05, 0) is 17.5 Å². The third-order valence-electron chi connectivity index (χ3n) is 4.26. The molecule has 0 unspecified atom stereocenters. The zero-order valence-electron chi connectivity index (χ0n) is 11.7. The van der Waals surface area contributed by atoms with Gasteiger partial charge < -0.3 is 5.11 Å². The van der Waals surface area contributed by atoms with E-state index >= 15 is 0 Å². The van der Waals surface area contributed by atoms with E-state index in [4.69, 9.17) is 0 Å². The van der Waals surface area contributed by atoms with Gasteiger partial charge in [0.2, 0.25) is 0 Å². The second-order valence-corrected chi connectivity index (χ2v) is 7.67. The molecular formula is C15H19NO3S. The van der Waals surface area contributed by atoms with E-state index < -0.39 is 33.0 Å². The lowest BCUT2D eigenvalue weighted by Gasteiger charge is -2.04. The number of hydrogen-bond acceptors (Lipinski definition) is 4. The van der Waals surface area contributed by atoms with E-state index in [1.165, 1.54) is 0 Å². The quantitative estimate of drug-likeness (QED) is 0.895. The highest BCUT2D eigenvalue weighted by Gasteiger charge is 2.71. The number of hydrogen-bond donors (Lipinski definition) is 1. The summed E-state index contributed by atoms with van der Waals surface area (Å²) in [7, 11) is -3.35. The number of aliphatic hydroxyl groups excluding tert-OH is 1. The summed E-state index contributed by atoms with van der Waals surface area (Å²) >= 11 is 0. The van der Waals surface area contributed by atoms with Gasteiger partial charge in [-0.1, -0.05) is 38.1 Å². The van der Waals surface area contributed by atoms with Crippen LogP contribution in [-0.4, -0.2) is 31.1 Å². The summed E-state index contributed by atoms with van der Waals surface area (Å²) < 4.78 is 24.3. The molecule has 3 atom stereocenters. The lowest BCUT2D eigenvalue weighted by molar-refractivity contribution is 0.242. The van der Waals surface area contributed by atoms with Crippen molar-refractivity contribution >= 4 is 9.84 Å². The summed E-state index contributed by atoms with van der Waals surface area (Å²) in [6, 6.07) is 9.68. The second kappa shape index (κ2) is 5.19. The summed E-state index contributed by atoms with van der Waals surface area (Å²) in [6.07, 6.45) is 0.908. The predicted octanol–water partition coefficient (Wildman–Crippen LogP) is 1.65. The van der Waals surface area contributed by atoms with Crippen LogP contribution in [0.1, 0.15) is 30.9 Å². The van der Waals surface area contributed by atoms with E-state index in [0.29, 0.717) is 0 Å². The Morgan fingerprint density at radius 1 is 1.30 bits per heavy atom. The van der Waals surface area contributed by atoms with Crippen molar-refractivity contribution in [3.05, 3.63) is 35.4 Å². The van der Waals surface area contributed by atoms with Crippen LogP contribution in [0.2, 0.25) is 0 Å². The molecule has 0 bridgehead atoms. The average Bonchev–Trinajstić information content (AvgIpc) is 3.18. The van der Waals surface area contributed by atoms with Gasteiger partial charge in [-0.25, -0.2) is 8.42 Å². The number of aliphatic hydroxyl groups is 1. The minimum absolute atomic E-state index is 0.00929. The van der Waals surface area contributed by atoms with Crippen molar-refractivity contribution in [1.82, 2.24) is 0 Å². The van der Waals surface area contributed by atoms with Gasteiger partial charge in [-0.15, -0.1) is 0 Å². The van der Waals surface area contributed by atoms with Crippen LogP contribution in [0.25, 0.3) is 0 Å². The first-order chi connectivity index (χ1) is 9.46. The number of aryl methyl sites for hydroxylation is 1. The Hall–Kier alpha value is -1.38. The second-order valence-electron chi connectivity index (χ2n) is 5.26. The van der Waals surface area contributed by atoms with Gasteiger partial charge in [0.15, 0.2) is 9.84 Å². The topological polar surface area (TPSA) is 78.2 Å². The molecule has 108 valence electrons. The normalized spacial score (nSPS) is 28.9. The maximum atomic E-state index is 12.1. The SMILES string of the molecule is CCc1ccc([C@@H]2[C@H](S(=O)(=O)CC)[C@]2(C#N)CO)cc1. The molecule has 1 saturated carbocycles. The maximum absolute atomic E-state index is 12.1. The number of nitrogens with zero attached hydrogens (tertiary/aromatic N) is 1. The maximum Gasteiger partial charge on any atom is 0.155 e. The standard InChI is InChI=1S/C15H19NO3S/c1-3-11-5-7-12(8-6-11)13-14(20(18,19)4-2)15(13,9-16)10-17/h5-8,13-14,17H,3-4,10H2,1-2H3/t13-,14+,15-/m1/s1. The number of benzene rings is 1. The Labute approximate surface area is 120 Å². The van der Waals surface area contributed by atoms with Crippen LogP contribution in [-0.2, 0) is 16.3 Å². The number of rotatable bonds is 5. The van der Waals surface area contributed by atoms with Crippen LogP contribution >= 0.6 is 0 Å². The molecule has 0 aliphatic heterocycles. The molecule has 0 spiro atoms. The van der Waals surface area contributed by atoms with Crippen LogP contribution in [0.15, 0.2) is 24.3 Å². The van der Waals surface area contributed by atoms with Crippen molar-refractivity contribution in [2.45, 2.75) is 31.4 Å². The molecule has 0 heterocycles. The molecule has 20 heavy (non-hydrogen) atoms. The van der Waals surface area contributed by atoms with Gasteiger partial charge in [0.1, 0.15) is 5.41 Å². The molecule has 0 aromatic heterocycles. The lowest BCUT2D eigenvalue weighted by Crippen LogP contribution is -2.19. The molecule has 5 heteroatoms. The number of nitriles is 1. The fourth-order valence-corrected chi connectivity index (χ4v) is 4.91. The third-order valence-corrected chi connectivity index (χ3v) is 6.53. The van der Waals surface area contributed by atoms with Crippen LogP contribution in [0, 0.1) is 16.7 Å². The molecule has 1 N–H and O–H groups in total. The molecule has 0 saturated heterocycles. The van der Waals surface area contributed by atoms with Crippen LogP contribution in [0.4, 0.5) is 0 Å². The van der Waals surface area contributed by atoms with Crippen molar-refractivity contribution in [2.75, 3.05) is 12.4 Å². The van der Waals surface area contributed by atoms with E-state index in [1.54, 1.807) is 6.92 Å². The molecule has 1 aliphatic carbocycles. The Kier molecular flexibility index (Phi) is 3.90. The van der Waals surface area contributed by atoms with Gasteiger partial charge in [-0.2, -0.15) is 5.26 Å². The van der Waals surface area contributed by atoms with Crippen molar-refractivity contribution in [3.63, 3.8) is 0 Å². The smallest absolute Gasteiger partial charge is 0.155 e. The molecule has 1 aromatic rings. The monoisotopic (exact) mass is 293 g/mol. The fraction of sp³-hybridized carbons (Fsp3) is 0.533. The zero-order chi connectivity index (χ0) is 15.0. The Morgan fingerprint density at radius 2 is 1.90 bits per heavy atom. The van der Waals surface area contributed by atoms with Crippen LogP contribution in [0.3, 0.4) is 0 Å². The van der Waals surface area contributed by atoms with E-state index in [2.05, 4.69) is 0 Å². The first kappa shape index (κ1) is 15.0. The Bertz CT molecular complexity index is 630. The zero-order valence-corrected chi connectivity index (χ0v) is 12.5. The minimum Gasteiger partial charge on any atom is -0.395 e. The predicted molar refractivity (Wildman–Crippen MR) is 76.9 cm³/mol. The van der Waals surface area contributed by atoms with Crippen LogP contribution < -0.4 is 0 Å². The molecule has 0 amide bonds. The molecule has 4 nitrogen and oxygen atoms in total. The van der Waals surface area contributed by atoms with Crippen molar-refractivity contribution < 1.29 is 13.5 Å². The van der Waals surface area contributed by atoms with Crippen molar-refractivity contribution in [1.29, 1.82) is 5.26 Å². The molecular weight excluding hydrogens is 274 g/mol. The van der Waals surface area contributed by atoms with Gasteiger partial charge in [0.25, 0.3) is 0 Å². The highest BCUT2D eigenvalue weighted by molar-refractivity contribution is 7.92. The van der Waals surface area contributed by atoms with E-state index in [0.717, 1.165) is 17.5 Å². The minimum atomic E-state index is -3.35. The number of sulfone groups is 1. The van der Waals surface area contributed by atoms with E-state index in [-0.39, 0.29) is 5.75 Å². The molecule has 2 rings (SSSR count). The molecule has 1 fully saturated rings. The van der Waals surface area contributed by atoms with Crippen molar-refractivity contribution in [3.8, 4) is 6.07 Å². The van der Waals surface area contributed by atoms with Gasteiger partial charge in [0, 0.05) is 11.7 Å². The van der Waals surface area contributed by atoms with Gasteiger partial charge in [0.05, 0.1) is 17.9 Å². The largest absolute Gasteiger partial charge is 0.395 e. The van der Waals surface area contributed by atoms with E-state index in [9.17, 15) is 18.8 Å². The Morgan fingerprint density at radius 3 is 2.30 bits per heavy atom. The molecule has 1 aromatic carbocycles. The van der Waals surface area contributed by atoms with E-state index in [1.807, 2.05) is 37.3 Å². The molecule has 1 aliphatic rings. The van der Waals surface area contributed by atoms with Gasteiger partial charge >= 0.3 is 0 Å². The summed E-state index contributed by atoms with van der Waals surface area (Å²) in [5, 5.41) is 18.1. The average molecular weight is 293 g/mol. The highest BCUT2D eigenvalue weighted by Crippen LogP contribution is 2.62. The Balaban J connectivity index is 2.42. The van der Waals surface area contributed by atoms with Crippen molar-refractivity contribution in [2.24, 2.45) is 5.41 Å². The highest BCUT2D eigenvalue weighted by atomic mass is 32.2. The van der Waals surface area contributed by atoms with Gasteiger partial charge in [-0.3, -0.25) is 0 Å². The fourth-order valence-electron chi connectivity index (χ4n) is 2.90. The summed E-state index contributed by atoms with van der Waals surface area (Å²) in [5.41, 5.74) is 0.804.